The van der Waals surface area contributed by atoms with Crippen LogP contribution in [0.4, 0.5) is 10.5 Å². The normalized spacial score (nSPS) is 14.2. The fourth-order valence-corrected chi connectivity index (χ4v) is 5.98. The van der Waals surface area contributed by atoms with Crippen molar-refractivity contribution in [1.82, 2.24) is 25.3 Å². The van der Waals surface area contributed by atoms with Crippen LogP contribution in [0.25, 0.3) is 11.0 Å². The van der Waals surface area contributed by atoms with E-state index in [9.17, 15) is 9.59 Å². The number of anilines is 1. The highest BCUT2D eigenvalue weighted by Gasteiger charge is 2.27. The number of likely N-dealkylation sites (tertiary alicyclic amines) is 1. The maximum absolute atomic E-state index is 12.7. The third kappa shape index (κ3) is 6.20. The van der Waals surface area contributed by atoms with Gasteiger partial charge in [-0.2, -0.15) is 0 Å². The van der Waals surface area contributed by atoms with E-state index < -0.39 is 0 Å². The second-order valence-electron chi connectivity index (χ2n) is 8.92. The lowest BCUT2D eigenvalue weighted by Crippen LogP contribution is -2.38. The van der Waals surface area contributed by atoms with Crippen molar-refractivity contribution in [3.8, 4) is 0 Å². The number of fused-ring (bicyclic) bond motifs is 1. The Bertz CT molecular complexity index is 1430. The number of carbonyl (C=O) groups excluding carboxylic acids is 2. The molecule has 1 saturated heterocycles. The maximum Gasteiger partial charge on any atom is 0.410 e. The number of thiazole rings is 1. The van der Waals surface area contributed by atoms with Gasteiger partial charge in [0.1, 0.15) is 12.1 Å². The van der Waals surface area contributed by atoms with E-state index in [1.54, 1.807) is 40.5 Å². The first kappa shape index (κ1) is 25.4. The number of aromatic nitrogens is 4. The molecule has 1 fully saturated rings. The summed E-state index contributed by atoms with van der Waals surface area (Å²) >= 11 is 13.6. The maximum atomic E-state index is 12.7. The van der Waals surface area contributed by atoms with Gasteiger partial charge in [0.05, 0.1) is 22.6 Å². The van der Waals surface area contributed by atoms with Crippen molar-refractivity contribution in [1.29, 1.82) is 0 Å². The Labute approximate surface area is 227 Å². The molecule has 9 nitrogen and oxygen atoms in total. The third-order valence-electron chi connectivity index (χ3n) is 6.23. The molecule has 12 heteroatoms. The van der Waals surface area contributed by atoms with Gasteiger partial charge >= 0.3 is 6.09 Å². The molecule has 0 unspecified atom stereocenters. The quantitative estimate of drug-likeness (QED) is 0.312. The largest absolute Gasteiger partial charge is 0.445 e. The topological polar surface area (TPSA) is 113 Å². The molecule has 1 aliphatic rings. The van der Waals surface area contributed by atoms with Crippen LogP contribution in [-0.4, -0.2) is 50.4 Å². The molecule has 0 atom stereocenters. The molecule has 3 heterocycles. The molecule has 37 heavy (non-hydrogen) atoms. The summed E-state index contributed by atoms with van der Waals surface area (Å²) in [7, 11) is 0. The van der Waals surface area contributed by atoms with E-state index in [1.165, 1.54) is 0 Å². The molecule has 2 aromatic heterocycles. The minimum atomic E-state index is -0.356. The Hall–Kier alpha value is -3.21. The molecule has 5 rings (SSSR count). The molecular weight excluding hydrogens is 535 g/mol. The summed E-state index contributed by atoms with van der Waals surface area (Å²) in [5.74, 6) is 0.104. The highest BCUT2D eigenvalue weighted by atomic mass is 35.5. The lowest BCUT2D eigenvalue weighted by molar-refractivity contribution is -0.115. The van der Waals surface area contributed by atoms with Crippen molar-refractivity contribution in [3.05, 3.63) is 67.6 Å². The Balaban J connectivity index is 1.12. The molecular formula is C25H24Cl2N6O3S. The van der Waals surface area contributed by atoms with Gasteiger partial charge in [-0.25, -0.2) is 9.78 Å². The molecule has 2 amide bonds. The second kappa shape index (κ2) is 11.0. The first-order chi connectivity index (χ1) is 17.8. The number of H-pyrrole nitrogens is 1. The van der Waals surface area contributed by atoms with Crippen molar-refractivity contribution in [3.63, 3.8) is 0 Å². The number of ether oxygens (including phenoxy) is 1. The number of nitrogens with zero attached hydrogens (tertiary/aromatic N) is 4. The summed E-state index contributed by atoms with van der Waals surface area (Å²) in [5, 5.41) is 15.4. The number of benzene rings is 2. The molecule has 0 spiro atoms. The summed E-state index contributed by atoms with van der Waals surface area (Å²) in [6, 6.07) is 10.5. The SMILES string of the molecule is Cc1sc(C2CCN(C(=O)OCc3cc(Cl)cc(Cl)c3)CC2)nc1CC(=O)Nc1ccc2[nH]nnc2c1. The summed E-state index contributed by atoms with van der Waals surface area (Å²) in [6.07, 6.45) is 1.41. The third-order valence-corrected chi connectivity index (χ3v) is 7.85. The number of hydrogen-bond donors (Lipinski definition) is 2. The molecule has 4 aromatic rings. The van der Waals surface area contributed by atoms with Gasteiger partial charge in [-0.15, -0.1) is 16.4 Å². The highest BCUT2D eigenvalue weighted by Crippen LogP contribution is 2.33. The monoisotopic (exact) mass is 558 g/mol. The van der Waals surface area contributed by atoms with Crippen LogP contribution in [-0.2, 0) is 22.6 Å². The number of nitrogens with one attached hydrogen (secondary N) is 2. The average Bonchev–Trinajstić information content (AvgIpc) is 3.48. The van der Waals surface area contributed by atoms with E-state index >= 15 is 0 Å². The van der Waals surface area contributed by atoms with Crippen LogP contribution in [0.1, 0.15) is 39.9 Å². The van der Waals surface area contributed by atoms with Gasteiger partial charge in [-0.05, 0) is 61.7 Å². The predicted octanol–water partition coefficient (Wildman–Crippen LogP) is 5.73. The fourth-order valence-electron chi connectivity index (χ4n) is 4.31. The zero-order chi connectivity index (χ0) is 25.9. The number of hydrogen-bond acceptors (Lipinski definition) is 7. The molecule has 2 N–H and O–H groups in total. The molecule has 2 aromatic carbocycles. The van der Waals surface area contributed by atoms with Crippen molar-refractivity contribution < 1.29 is 14.3 Å². The van der Waals surface area contributed by atoms with E-state index in [-0.39, 0.29) is 30.9 Å². The number of aromatic amines is 1. The van der Waals surface area contributed by atoms with Crippen molar-refractivity contribution in [2.45, 2.75) is 38.7 Å². The van der Waals surface area contributed by atoms with E-state index in [2.05, 4.69) is 20.7 Å². The zero-order valence-corrected chi connectivity index (χ0v) is 22.3. The number of halogens is 2. The van der Waals surface area contributed by atoms with Gasteiger partial charge in [-0.1, -0.05) is 28.4 Å². The van der Waals surface area contributed by atoms with Gasteiger partial charge in [0.25, 0.3) is 0 Å². The fraction of sp³-hybridized carbons (Fsp3) is 0.320. The first-order valence-corrected chi connectivity index (χ1v) is 13.3. The smallest absolute Gasteiger partial charge is 0.410 e. The van der Waals surface area contributed by atoms with Gasteiger partial charge in [0, 0.05) is 39.6 Å². The van der Waals surface area contributed by atoms with Gasteiger partial charge in [-0.3, -0.25) is 9.89 Å². The van der Waals surface area contributed by atoms with Crippen molar-refractivity contribution in [2.24, 2.45) is 0 Å². The van der Waals surface area contributed by atoms with Crippen molar-refractivity contribution in [2.75, 3.05) is 18.4 Å². The van der Waals surface area contributed by atoms with E-state index in [4.69, 9.17) is 32.9 Å². The average molecular weight is 559 g/mol. The number of rotatable bonds is 6. The second-order valence-corrected chi connectivity index (χ2v) is 11.0. The highest BCUT2D eigenvalue weighted by molar-refractivity contribution is 7.11. The van der Waals surface area contributed by atoms with Crippen LogP contribution < -0.4 is 5.32 Å². The lowest BCUT2D eigenvalue weighted by Gasteiger charge is -2.30. The van der Waals surface area contributed by atoms with Crippen LogP contribution in [0.5, 0.6) is 0 Å². The van der Waals surface area contributed by atoms with E-state index in [0.717, 1.165) is 39.5 Å². The Morgan fingerprint density at radius 1 is 1.16 bits per heavy atom. The Kier molecular flexibility index (Phi) is 7.59. The molecule has 0 bridgehead atoms. The van der Waals surface area contributed by atoms with Crippen LogP contribution in [0.15, 0.2) is 36.4 Å². The Morgan fingerprint density at radius 2 is 1.92 bits per heavy atom. The zero-order valence-electron chi connectivity index (χ0n) is 20.0. The van der Waals surface area contributed by atoms with Gasteiger partial charge in [0.2, 0.25) is 5.91 Å². The molecule has 192 valence electrons. The summed E-state index contributed by atoms with van der Waals surface area (Å²) in [6.45, 7) is 3.26. The van der Waals surface area contributed by atoms with Crippen molar-refractivity contribution >= 4 is 63.3 Å². The molecule has 0 saturated carbocycles. The summed E-state index contributed by atoms with van der Waals surface area (Å²) in [5.41, 5.74) is 3.69. The molecule has 0 aliphatic carbocycles. The molecule has 0 radical (unpaired) electrons. The lowest BCUT2D eigenvalue weighted by atomic mass is 9.98. The number of amides is 2. The van der Waals surface area contributed by atoms with Crippen LogP contribution in [0.3, 0.4) is 0 Å². The number of aryl methyl sites for hydroxylation is 1. The Morgan fingerprint density at radius 3 is 2.68 bits per heavy atom. The van der Waals surface area contributed by atoms with Crippen LogP contribution >= 0.6 is 34.5 Å². The number of carbonyl (C=O) groups is 2. The van der Waals surface area contributed by atoms with Gasteiger partial charge < -0.3 is 15.0 Å². The first-order valence-electron chi connectivity index (χ1n) is 11.8. The summed E-state index contributed by atoms with van der Waals surface area (Å²) < 4.78 is 5.46. The van der Waals surface area contributed by atoms with Crippen LogP contribution in [0, 0.1) is 6.92 Å². The standard InChI is InChI=1S/C25H24Cl2N6O3S/c1-14-21(12-23(34)28-19-2-3-20-22(11-19)31-32-30-20)29-24(37-14)16-4-6-33(7-5-16)25(35)36-13-15-8-17(26)10-18(27)9-15/h2-3,8-11,16H,4-7,12-13H2,1H3,(H,28,34)(H,30,31,32). The summed E-state index contributed by atoms with van der Waals surface area (Å²) in [4.78, 5) is 32.7. The minimum absolute atomic E-state index is 0.114. The van der Waals surface area contributed by atoms with E-state index in [0.29, 0.717) is 34.3 Å². The minimum Gasteiger partial charge on any atom is -0.445 e. The van der Waals surface area contributed by atoms with E-state index in [1.807, 2.05) is 19.1 Å². The predicted molar refractivity (Wildman–Crippen MR) is 143 cm³/mol. The number of piperidine rings is 1. The molecule has 1 aliphatic heterocycles. The van der Waals surface area contributed by atoms with Gasteiger partial charge in [0.15, 0.2) is 0 Å². The van der Waals surface area contributed by atoms with Crippen LogP contribution in [0.2, 0.25) is 10.0 Å².